The number of nitrogens with zero attached hydrogens (tertiary/aromatic N) is 1. The van der Waals surface area contributed by atoms with Gasteiger partial charge in [0.15, 0.2) is 5.13 Å². The van der Waals surface area contributed by atoms with Crippen LogP contribution in [0.15, 0.2) is 34.5 Å². The van der Waals surface area contributed by atoms with Crippen LogP contribution in [0.3, 0.4) is 0 Å². The van der Waals surface area contributed by atoms with E-state index in [4.69, 9.17) is 0 Å². The number of rotatable bonds is 4. The Labute approximate surface area is 132 Å². The summed E-state index contributed by atoms with van der Waals surface area (Å²) in [5.41, 5.74) is 1.98. The number of carbonyl (C=O) groups excluding carboxylic acids is 1. The summed E-state index contributed by atoms with van der Waals surface area (Å²) in [6.45, 7) is 0.920. The van der Waals surface area contributed by atoms with Gasteiger partial charge in [0.2, 0.25) is 5.91 Å². The van der Waals surface area contributed by atoms with Crippen LogP contribution in [0.5, 0.6) is 0 Å². The molecular formula is C15H17N3OS2. The van der Waals surface area contributed by atoms with Crippen LogP contribution in [-0.4, -0.2) is 29.7 Å². The van der Waals surface area contributed by atoms with Crippen LogP contribution in [-0.2, 0) is 4.79 Å². The number of nitrogens with one attached hydrogen (secondary N) is 2. The lowest BCUT2D eigenvalue weighted by atomic mass is 10.2. The standard InChI is InChI=1S/C15H17N3OS2/c1-20-11-6-4-10(5-7-11)13-9-21-15(17-13)18-14(19)12-3-2-8-16-12/h4-7,9,12,16H,2-3,8H2,1H3,(H,17,18,19). The summed E-state index contributed by atoms with van der Waals surface area (Å²) >= 11 is 3.18. The van der Waals surface area contributed by atoms with Crippen molar-refractivity contribution in [2.45, 2.75) is 23.8 Å². The number of amides is 1. The summed E-state index contributed by atoms with van der Waals surface area (Å²) in [4.78, 5) is 17.8. The van der Waals surface area contributed by atoms with E-state index in [0.717, 1.165) is 30.6 Å². The molecule has 0 bridgehead atoms. The number of carbonyl (C=O) groups is 1. The van der Waals surface area contributed by atoms with Crippen molar-refractivity contribution in [3.8, 4) is 11.3 Å². The van der Waals surface area contributed by atoms with E-state index < -0.39 is 0 Å². The third-order valence-corrected chi connectivity index (χ3v) is 5.00. The van der Waals surface area contributed by atoms with Crippen LogP contribution in [0.2, 0.25) is 0 Å². The van der Waals surface area contributed by atoms with E-state index in [1.807, 2.05) is 5.38 Å². The molecule has 2 aromatic rings. The maximum absolute atomic E-state index is 12.0. The molecule has 1 aromatic heterocycles. The van der Waals surface area contributed by atoms with E-state index in [1.165, 1.54) is 16.2 Å². The Kier molecular flexibility index (Phi) is 4.57. The molecule has 21 heavy (non-hydrogen) atoms. The second-order valence-corrected chi connectivity index (χ2v) is 6.64. The highest BCUT2D eigenvalue weighted by molar-refractivity contribution is 7.98. The first-order chi connectivity index (χ1) is 10.3. The van der Waals surface area contributed by atoms with Crippen LogP contribution in [0.4, 0.5) is 5.13 Å². The fourth-order valence-electron chi connectivity index (χ4n) is 2.33. The second kappa shape index (κ2) is 6.60. The molecule has 110 valence electrons. The smallest absolute Gasteiger partial charge is 0.243 e. The predicted molar refractivity (Wildman–Crippen MR) is 89.0 cm³/mol. The van der Waals surface area contributed by atoms with Crippen molar-refractivity contribution in [3.05, 3.63) is 29.6 Å². The molecule has 1 atom stereocenters. The van der Waals surface area contributed by atoms with Gasteiger partial charge in [0.25, 0.3) is 0 Å². The number of hydrogen-bond acceptors (Lipinski definition) is 5. The number of anilines is 1. The molecule has 0 saturated carbocycles. The zero-order chi connectivity index (χ0) is 14.7. The van der Waals surface area contributed by atoms with Gasteiger partial charge in [-0.15, -0.1) is 23.1 Å². The van der Waals surface area contributed by atoms with Gasteiger partial charge >= 0.3 is 0 Å². The zero-order valence-electron chi connectivity index (χ0n) is 11.8. The fraction of sp³-hybridized carbons (Fsp3) is 0.333. The predicted octanol–water partition coefficient (Wildman–Crippen LogP) is 3.22. The molecule has 3 rings (SSSR count). The number of thiazole rings is 1. The van der Waals surface area contributed by atoms with Gasteiger partial charge in [-0.25, -0.2) is 4.98 Å². The molecule has 1 saturated heterocycles. The molecule has 1 aliphatic heterocycles. The van der Waals surface area contributed by atoms with E-state index >= 15 is 0 Å². The van der Waals surface area contributed by atoms with Crippen LogP contribution >= 0.6 is 23.1 Å². The molecule has 1 amide bonds. The highest BCUT2D eigenvalue weighted by atomic mass is 32.2. The Morgan fingerprint density at radius 3 is 2.90 bits per heavy atom. The summed E-state index contributed by atoms with van der Waals surface area (Å²) < 4.78 is 0. The van der Waals surface area contributed by atoms with Crippen LogP contribution in [0.25, 0.3) is 11.3 Å². The monoisotopic (exact) mass is 319 g/mol. The van der Waals surface area contributed by atoms with E-state index in [-0.39, 0.29) is 11.9 Å². The highest BCUT2D eigenvalue weighted by Crippen LogP contribution is 2.27. The molecule has 0 aliphatic carbocycles. The van der Waals surface area contributed by atoms with Gasteiger partial charge in [0, 0.05) is 15.8 Å². The molecule has 1 aliphatic rings. The van der Waals surface area contributed by atoms with E-state index in [9.17, 15) is 4.79 Å². The molecule has 0 spiro atoms. The molecular weight excluding hydrogens is 302 g/mol. The topological polar surface area (TPSA) is 54.0 Å². The number of hydrogen-bond donors (Lipinski definition) is 2. The molecule has 1 fully saturated rings. The Bertz CT molecular complexity index is 618. The van der Waals surface area contributed by atoms with Gasteiger partial charge in [-0.2, -0.15) is 0 Å². The van der Waals surface area contributed by atoms with Crippen molar-refractivity contribution in [2.24, 2.45) is 0 Å². The van der Waals surface area contributed by atoms with E-state index in [1.54, 1.807) is 11.8 Å². The Hall–Kier alpha value is -1.37. The van der Waals surface area contributed by atoms with Crippen molar-refractivity contribution < 1.29 is 4.79 Å². The van der Waals surface area contributed by atoms with Gasteiger partial charge in [-0.3, -0.25) is 4.79 Å². The lowest BCUT2D eigenvalue weighted by Crippen LogP contribution is -2.35. The molecule has 1 unspecified atom stereocenters. The van der Waals surface area contributed by atoms with E-state index in [2.05, 4.69) is 46.1 Å². The van der Waals surface area contributed by atoms with Gasteiger partial charge in [0.1, 0.15) is 0 Å². The summed E-state index contributed by atoms with van der Waals surface area (Å²) in [7, 11) is 0. The Balaban J connectivity index is 1.68. The average molecular weight is 319 g/mol. The quantitative estimate of drug-likeness (QED) is 0.850. The largest absolute Gasteiger partial charge is 0.306 e. The average Bonchev–Trinajstić information content (AvgIpc) is 3.19. The van der Waals surface area contributed by atoms with Crippen molar-refractivity contribution in [2.75, 3.05) is 18.1 Å². The van der Waals surface area contributed by atoms with E-state index in [0.29, 0.717) is 5.13 Å². The highest BCUT2D eigenvalue weighted by Gasteiger charge is 2.22. The number of benzene rings is 1. The summed E-state index contributed by atoms with van der Waals surface area (Å²) in [6, 6.07) is 8.22. The van der Waals surface area contributed by atoms with Crippen molar-refractivity contribution in [1.29, 1.82) is 0 Å². The first kappa shape index (κ1) is 14.6. The van der Waals surface area contributed by atoms with Gasteiger partial charge < -0.3 is 10.6 Å². The minimum Gasteiger partial charge on any atom is -0.306 e. The number of thioether (sulfide) groups is 1. The normalized spacial score (nSPS) is 17.9. The second-order valence-electron chi connectivity index (χ2n) is 4.90. The number of aromatic nitrogens is 1. The molecule has 2 N–H and O–H groups in total. The first-order valence-electron chi connectivity index (χ1n) is 6.90. The fourth-order valence-corrected chi connectivity index (χ4v) is 3.46. The maximum atomic E-state index is 12.0. The van der Waals surface area contributed by atoms with Crippen molar-refractivity contribution in [3.63, 3.8) is 0 Å². The molecule has 2 heterocycles. The zero-order valence-corrected chi connectivity index (χ0v) is 13.4. The van der Waals surface area contributed by atoms with Crippen LogP contribution in [0.1, 0.15) is 12.8 Å². The lowest BCUT2D eigenvalue weighted by Gasteiger charge is -2.08. The van der Waals surface area contributed by atoms with Gasteiger partial charge in [0.05, 0.1) is 11.7 Å². The molecule has 0 radical (unpaired) electrons. The SMILES string of the molecule is CSc1ccc(-c2csc(NC(=O)C3CCCN3)n2)cc1. The lowest BCUT2D eigenvalue weighted by molar-refractivity contribution is -0.117. The first-order valence-corrected chi connectivity index (χ1v) is 9.01. The van der Waals surface area contributed by atoms with Crippen LogP contribution in [0, 0.1) is 0 Å². The third kappa shape index (κ3) is 3.45. The summed E-state index contributed by atoms with van der Waals surface area (Å²) in [5.74, 6) is 0.0196. The maximum Gasteiger partial charge on any atom is 0.243 e. The van der Waals surface area contributed by atoms with Crippen molar-refractivity contribution >= 4 is 34.1 Å². The minimum atomic E-state index is -0.0711. The Morgan fingerprint density at radius 2 is 2.24 bits per heavy atom. The molecule has 6 heteroatoms. The van der Waals surface area contributed by atoms with Gasteiger partial charge in [-0.05, 0) is 37.8 Å². The molecule has 1 aromatic carbocycles. The van der Waals surface area contributed by atoms with Gasteiger partial charge in [-0.1, -0.05) is 12.1 Å². The minimum absolute atomic E-state index is 0.0196. The summed E-state index contributed by atoms with van der Waals surface area (Å²) in [6.07, 6.45) is 4.02. The summed E-state index contributed by atoms with van der Waals surface area (Å²) in [5, 5.41) is 8.73. The third-order valence-electron chi connectivity index (χ3n) is 3.50. The van der Waals surface area contributed by atoms with Crippen LogP contribution < -0.4 is 10.6 Å². The molecule has 4 nitrogen and oxygen atoms in total. The Morgan fingerprint density at radius 1 is 1.43 bits per heavy atom. The van der Waals surface area contributed by atoms with Crippen molar-refractivity contribution in [1.82, 2.24) is 10.3 Å².